The normalized spacial score (nSPS) is 23.7. The summed E-state index contributed by atoms with van der Waals surface area (Å²) < 4.78 is 0.803. The van der Waals surface area contributed by atoms with Gasteiger partial charge in [0.1, 0.15) is 0 Å². The molecule has 104 valence electrons. The van der Waals surface area contributed by atoms with Gasteiger partial charge in [0.25, 0.3) is 0 Å². The van der Waals surface area contributed by atoms with E-state index < -0.39 is 5.97 Å². The van der Waals surface area contributed by atoms with Crippen molar-refractivity contribution in [1.29, 1.82) is 0 Å². The summed E-state index contributed by atoms with van der Waals surface area (Å²) in [7, 11) is 0. The van der Waals surface area contributed by atoms with Crippen LogP contribution in [0.3, 0.4) is 0 Å². The van der Waals surface area contributed by atoms with Gasteiger partial charge < -0.3 is 10.4 Å². The van der Waals surface area contributed by atoms with Crippen LogP contribution in [0.15, 0.2) is 22.7 Å². The summed E-state index contributed by atoms with van der Waals surface area (Å²) >= 11 is 3.37. The molecule has 2 rings (SSSR count). The van der Waals surface area contributed by atoms with Gasteiger partial charge in [-0.15, -0.1) is 0 Å². The molecule has 0 spiro atoms. The Morgan fingerprint density at radius 1 is 1.26 bits per heavy atom. The SMILES string of the molecule is CC1CCCC(Nc2cc(Br)cc(C(=O)O)c2)CC1. The molecule has 19 heavy (non-hydrogen) atoms. The number of hydrogen-bond acceptors (Lipinski definition) is 2. The number of benzene rings is 1. The number of anilines is 1. The van der Waals surface area contributed by atoms with Gasteiger partial charge in [-0.3, -0.25) is 0 Å². The van der Waals surface area contributed by atoms with Gasteiger partial charge in [0.05, 0.1) is 5.56 Å². The molecule has 1 saturated carbocycles. The van der Waals surface area contributed by atoms with Crippen LogP contribution in [-0.2, 0) is 0 Å². The summed E-state index contributed by atoms with van der Waals surface area (Å²) in [4.78, 5) is 11.0. The fourth-order valence-corrected chi connectivity index (χ4v) is 3.16. The van der Waals surface area contributed by atoms with Gasteiger partial charge in [0.15, 0.2) is 0 Å². The van der Waals surface area contributed by atoms with E-state index in [2.05, 4.69) is 28.2 Å². The Morgan fingerprint density at radius 3 is 2.79 bits per heavy atom. The number of hydrogen-bond donors (Lipinski definition) is 2. The smallest absolute Gasteiger partial charge is 0.335 e. The first-order valence-corrected chi connectivity index (χ1v) is 7.64. The molecule has 2 atom stereocenters. The van der Waals surface area contributed by atoms with Crippen LogP contribution < -0.4 is 5.32 Å². The molecule has 1 aromatic rings. The Kier molecular flexibility index (Phi) is 4.86. The van der Waals surface area contributed by atoms with E-state index in [1.165, 1.54) is 25.7 Å². The molecule has 0 aromatic heterocycles. The molecular formula is C15H20BrNO2. The van der Waals surface area contributed by atoms with E-state index in [4.69, 9.17) is 5.11 Å². The second-order valence-corrected chi connectivity index (χ2v) is 6.40. The van der Waals surface area contributed by atoms with Crippen molar-refractivity contribution < 1.29 is 9.90 Å². The topological polar surface area (TPSA) is 49.3 Å². The Morgan fingerprint density at radius 2 is 2.05 bits per heavy atom. The first-order valence-electron chi connectivity index (χ1n) is 6.85. The first-order chi connectivity index (χ1) is 9.04. The second-order valence-electron chi connectivity index (χ2n) is 5.49. The van der Waals surface area contributed by atoms with Gasteiger partial charge in [0.2, 0.25) is 0 Å². The van der Waals surface area contributed by atoms with E-state index in [1.54, 1.807) is 12.1 Å². The minimum Gasteiger partial charge on any atom is -0.478 e. The molecule has 3 nitrogen and oxygen atoms in total. The maximum Gasteiger partial charge on any atom is 0.335 e. The second kappa shape index (κ2) is 6.42. The molecule has 0 aliphatic heterocycles. The zero-order valence-corrected chi connectivity index (χ0v) is 12.7. The standard InChI is InChI=1S/C15H20BrNO2/c1-10-3-2-4-13(6-5-10)17-14-8-11(15(18)19)7-12(16)9-14/h7-10,13,17H,2-6H2,1H3,(H,18,19). The molecule has 0 amide bonds. The molecule has 0 bridgehead atoms. The Hall–Kier alpha value is -1.03. The van der Waals surface area contributed by atoms with Crippen molar-refractivity contribution >= 4 is 27.6 Å². The van der Waals surface area contributed by atoms with Crippen LogP contribution >= 0.6 is 15.9 Å². The summed E-state index contributed by atoms with van der Waals surface area (Å²) in [6.45, 7) is 2.31. The average Bonchev–Trinajstić information content (AvgIpc) is 2.54. The van der Waals surface area contributed by atoms with Gasteiger partial charge in [-0.1, -0.05) is 35.7 Å². The predicted molar refractivity (Wildman–Crippen MR) is 80.8 cm³/mol. The minimum absolute atomic E-state index is 0.318. The van der Waals surface area contributed by atoms with Crippen molar-refractivity contribution in [2.75, 3.05) is 5.32 Å². The van der Waals surface area contributed by atoms with Crippen LogP contribution in [0.2, 0.25) is 0 Å². The van der Waals surface area contributed by atoms with E-state index in [9.17, 15) is 4.79 Å². The lowest BCUT2D eigenvalue weighted by Crippen LogP contribution is -2.18. The van der Waals surface area contributed by atoms with Crippen LogP contribution in [0.1, 0.15) is 49.4 Å². The van der Waals surface area contributed by atoms with Crippen LogP contribution in [0.4, 0.5) is 5.69 Å². The van der Waals surface area contributed by atoms with Gasteiger partial charge in [-0.2, -0.15) is 0 Å². The van der Waals surface area contributed by atoms with Gasteiger partial charge in [-0.25, -0.2) is 4.79 Å². The quantitative estimate of drug-likeness (QED) is 0.803. The molecule has 2 N–H and O–H groups in total. The van der Waals surface area contributed by atoms with Crippen LogP contribution in [0.5, 0.6) is 0 Å². The lowest BCUT2D eigenvalue weighted by Gasteiger charge is -2.18. The van der Waals surface area contributed by atoms with Crippen molar-refractivity contribution in [2.24, 2.45) is 5.92 Å². The maximum absolute atomic E-state index is 11.0. The summed E-state index contributed by atoms with van der Waals surface area (Å²) in [5, 5.41) is 12.6. The number of nitrogens with one attached hydrogen (secondary N) is 1. The highest BCUT2D eigenvalue weighted by molar-refractivity contribution is 9.10. The summed E-state index contributed by atoms with van der Waals surface area (Å²) in [5.74, 6) is -0.0808. The number of rotatable bonds is 3. The molecule has 0 saturated heterocycles. The molecule has 0 heterocycles. The highest BCUT2D eigenvalue weighted by Gasteiger charge is 2.16. The van der Waals surface area contributed by atoms with E-state index in [0.29, 0.717) is 11.6 Å². The third kappa shape index (κ3) is 4.23. The van der Waals surface area contributed by atoms with Gasteiger partial charge in [-0.05, 0) is 43.4 Å². The molecule has 1 aliphatic carbocycles. The van der Waals surface area contributed by atoms with Crippen LogP contribution in [-0.4, -0.2) is 17.1 Å². The van der Waals surface area contributed by atoms with Gasteiger partial charge in [0, 0.05) is 16.2 Å². The summed E-state index contributed by atoms with van der Waals surface area (Å²) in [6.07, 6.45) is 6.13. The summed E-state index contributed by atoms with van der Waals surface area (Å²) in [6, 6.07) is 5.74. The number of halogens is 1. The molecule has 1 fully saturated rings. The molecule has 0 radical (unpaired) electrons. The molecule has 1 aliphatic rings. The number of aromatic carboxylic acids is 1. The van der Waals surface area contributed by atoms with Crippen molar-refractivity contribution in [2.45, 2.75) is 45.1 Å². The number of carboxylic acid groups (broad SMARTS) is 1. The summed E-state index contributed by atoms with van der Waals surface area (Å²) in [5.41, 5.74) is 1.21. The van der Waals surface area contributed by atoms with Crippen molar-refractivity contribution in [3.63, 3.8) is 0 Å². The molecule has 2 unspecified atom stereocenters. The minimum atomic E-state index is -0.890. The molecule has 1 aromatic carbocycles. The van der Waals surface area contributed by atoms with E-state index >= 15 is 0 Å². The van der Waals surface area contributed by atoms with E-state index in [1.807, 2.05) is 6.07 Å². The Bertz CT molecular complexity index is 461. The van der Waals surface area contributed by atoms with Crippen molar-refractivity contribution in [1.82, 2.24) is 0 Å². The average molecular weight is 326 g/mol. The number of carboxylic acids is 1. The zero-order valence-electron chi connectivity index (χ0n) is 11.2. The maximum atomic E-state index is 11.0. The highest BCUT2D eigenvalue weighted by Crippen LogP contribution is 2.26. The van der Waals surface area contributed by atoms with E-state index in [0.717, 1.165) is 22.5 Å². The first kappa shape index (κ1) is 14.4. The van der Waals surface area contributed by atoms with E-state index in [-0.39, 0.29) is 0 Å². The molecule has 4 heteroatoms. The molecular weight excluding hydrogens is 306 g/mol. The fourth-order valence-electron chi connectivity index (χ4n) is 2.66. The largest absolute Gasteiger partial charge is 0.478 e. The predicted octanol–water partition coefficient (Wildman–Crippen LogP) is 4.53. The van der Waals surface area contributed by atoms with Crippen molar-refractivity contribution in [3.8, 4) is 0 Å². The van der Waals surface area contributed by atoms with Crippen LogP contribution in [0, 0.1) is 5.92 Å². The Labute approximate surface area is 122 Å². The van der Waals surface area contributed by atoms with Crippen molar-refractivity contribution in [3.05, 3.63) is 28.2 Å². The van der Waals surface area contributed by atoms with Gasteiger partial charge >= 0.3 is 5.97 Å². The zero-order chi connectivity index (χ0) is 13.8. The monoisotopic (exact) mass is 325 g/mol. The lowest BCUT2D eigenvalue weighted by atomic mass is 10.0. The lowest BCUT2D eigenvalue weighted by molar-refractivity contribution is 0.0697. The number of carbonyl (C=O) groups is 1. The third-order valence-corrected chi connectivity index (χ3v) is 4.23. The third-order valence-electron chi connectivity index (χ3n) is 3.77. The highest BCUT2D eigenvalue weighted by atomic mass is 79.9. The fraction of sp³-hybridized carbons (Fsp3) is 0.533. The van der Waals surface area contributed by atoms with Crippen LogP contribution in [0.25, 0.3) is 0 Å². The Balaban J connectivity index is 2.07.